The first-order valence-electron chi connectivity index (χ1n) is 7.24. The lowest BCUT2D eigenvalue weighted by Gasteiger charge is -2.24. The molecule has 0 fully saturated rings. The number of hydrogen-bond donors (Lipinski definition) is 0. The van der Waals surface area contributed by atoms with Gasteiger partial charge in [-0.25, -0.2) is 9.78 Å². The molecular formula is C15H22N2O5S. The molecule has 0 N–H and O–H groups in total. The summed E-state index contributed by atoms with van der Waals surface area (Å²) >= 11 is 0. The van der Waals surface area contributed by atoms with Crippen molar-refractivity contribution in [1.82, 2.24) is 9.88 Å². The number of pyridine rings is 1. The van der Waals surface area contributed by atoms with E-state index >= 15 is 0 Å². The third-order valence-electron chi connectivity index (χ3n) is 3.47. The number of amides is 1. The van der Waals surface area contributed by atoms with Crippen LogP contribution in [0.2, 0.25) is 0 Å². The van der Waals surface area contributed by atoms with Crippen LogP contribution in [0.1, 0.15) is 43.2 Å². The highest BCUT2D eigenvalue weighted by Gasteiger charge is 2.32. The van der Waals surface area contributed by atoms with E-state index in [4.69, 9.17) is 8.92 Å². The normalized spacial score (nSPS) is 14.6. The SMILES string of the molecule is Cc1nc(OS(C)(=O)=O)c2c(c1C)CN(C(=O)OC(C)(C)C)C2. The first-order valence-corrected chi connectivity index (χ1v) is 9.05. The zero-order valence-corrected chi connectivity index (χ0v) is 15.1. The molecule has 0 saturated heterocycles. The van der Waals surface area contributed by atoms with E-state index in [-0.39, 0.29) is 12.4 Å². The molecule has 2 rings (SSSR count). The fourth-order valence-corrected chi connectivity index (χ4v) is 2.78. The molecule has 2 heterocycles. The summed E-state index contributed by atoms with van der Waals surface area (Å²) in [5.74, 6) is 0.0386. The molecule has 0 radical (unpaired) electrons. The number of aromatic nitrogens is 1. The molecule has 1 aliphatic rings. The summed E-state index contributed by atoms with van der Waals surface area (Å²) in [7, 11) is -3.69. The Labute approximate surface area is 136 Å². The molecule has 1 amide bonds. The van der Waals surface area contributed by atoms with Crippen LogP contribution in [0.4, 0.5) is 4.79 Å². The molecule has 23 heavy (non-hydrogen) atoms. The van der Waals surface area contributed by atoms with Crippen molar-refractivity contribution in [3.05, 3.63) is 22.4 Å². The van der Waals surface area contributed by atoms with E-state index in [1.807, 2.05) is 6.92 Å². The lowest BCUT2D eigenvalue weighted by atomic mass is 10.1. The second-order valence-corrected chi connectivity index (χ2v) is 8.28. The van der Waals surface area contributed by atoms with Gasteiger partial charge in [-0.1, -0.05) is 0 Å². The van der Waals surface area contributed by atoms with Crippen LogP contribution in [0.3, 0.4) is 0 Å². The number of aryl methyl sites for hydroxylation is 1. The predicted octanol–water partition coefficient (Wildman–Crippen LogP) is 2.29. The smallest absolute Gasteiger partial charge is 0.410 e. The van der Waals surface area contributed by atoms with Crippen LogP contribution in [0.5, 0.6) is 5.88 Å². The van der Waals surface area contributed by atoms with Gasteiger partial charge >= 0.3 is 16.2 Å². The highest BCUT2D eigenvalue weighted by atomic mass is 32.2. The van der Waals surface area contributed by atoms with Gasteiger partial charge in [0.1, 0.15) is 5.60 Å². The minimum atomic E-state index is -3.69. The Bertz CT molecular complexity index is 750. The van der Waals surface area contributed by atoms with E-state index in [9.17, 15) is 13.2 Å². The number of nitrogens with zero attached hydrogens (tertiary/aromatic N) is 2. The Balaban J connectivity index is 2.36. The molecule has 1 aromatic heterocycles. The largest absolute Gasteiger partial charge is 0.444 e. The second kappa shape index (κ2) is 5.67. The minimum absolute atomic E-state index is 0.0386. The lowest BCUT2D eigenvalue weighted by Crippen LogP contribution is -2.33. The van der Waals surface area contributed by atoms with Gasteiger partial charge in [-0.3, -0.25) is 4.90 Å². The molecule has 1 aliphatic heterocycles. The highest BCUT2D eigenvalue weighted by Crippen LogP contribution is 2.34. The van der Waals surface area contributed by atoms with Crippen molar-refractivity contribution >= 4 is 16.2 Å². The van der Waals surface area contributed by atoms with Crippen molar-refractivity contribution in [3.8, 4) is 5.88 Å². The number of fused-ring (bicyclic) bond motifs is 1. The fraction of sp³-hybridized carbons (Fsp3) is 0.600. The first-order chi connectivity index (χ1) is 10.4. The number of ether oxygens (including phenoxy) is 1. The van der Waals surface area contributed by atoms with Crippen LogP contribution in [0.25, 0.3) is 0 Å². The Morgan fingerprint density at radius 2 is 1.74 bits per heavy atom. The van der Waals surface area contributed by atoms with Gasteiger partial charge in [-0.05, 0) is 45.7 Å². The third kappa shape index (κ3) is 4.13. The maximum absolute atomic E-state index is 12.2. The molecule has 0 atom stereocenters. The first kappa shape index (κ1) is 17.5. The summed E-state index contributed by atoms with van der Waals surface area (Å²) in [4.78, 5) is 18.0. The van der Waals surface area contributed by atoms with Crippen LogP contribution in [0.15, 0.2) is 0 Å². The summed E-state index contributed by atoms with van der Waals surface area (Å²) < 4.78 is 33.2. The van der Waals surface area contributed by atoms with E-state index in [1.54, 1.807) is 27.7 Å². The van der Waals surface area contributed by atoms with E-state index in [0.717, 1.165) is 17.4 Å². The fourth-order valence-electron chi connectivity index (χ4n) is 2.36. The zero-order valence-electron chi connectivity index (χ0n) is 14.3. The van der Waals surface area contributed by atoms with Gasteiger partial charge in [-0.15, -0.1) is 0 Å². The molecule has 0 spiro atoms. The van der Waals surface area contributed by atoms with E-state index in [2.05, 4.69) is 4.98 Å². The summed E-state index contributed by atoms with van der Waals surface area (Å²) in [6.07, 6.45) is 0.521. The minimum Gasteiger partial charge on any atom is -0.444 e. The monoisotopic (exact) mass is 342 g/mol. The van der Waals surface area contributed by atoms with Crippen LogP contribution in [-0.2, 0) is 27.9 Å². The number of hydrogen-bond acceptors (Lipinski definition) is 6. The van der Waals surface area contributed by atoms with Crippen molar-refractivity contribution in [2.75, 3.05) is 6.26 Å². The summed E-state index contributed by atoms with van der Waals surface area (Å²) in [6.45, 7) is 9.61. The second-order valence-electron chi connectivity index (χ2n) is 6.71. The van der Waals surface area contributed by atoms with Gasteiger partial charge in [0.15, 0.2) is 0 Å². The molecule has 128 valence electrons. The molecule has 8 heteroatoms. The zero-order chi connectivity index (χ0) is 17.6. The molecule has 1 aromatic rings. The van der Waals surface area contributed by atoms with Crippen LogP contribution < -0.4 is 4.18 Å². The van der Waals surface area contributed by atoms with Crippen LogP contribution in [-0.4, -0.2) is 36.3 Å². The Morgan fingerprint density at radius 1 is 1.17 bits per heavy atom. The predicted molar refractivity (Wildman–Crippen MR) is 84.7 cm³/mol. The van der Waals surface area contributed by atoms with E-state index in [1.165, 1.54) is 4.90 Å². The Morgan fingerprint density at radius 3 is 2.26 bits per heavy atom. The topological polar surface area (TPSA) is 85.8 Å². The van der Waals surface area contributed by atoms with E-state index in [0.29, 0.717) is 17.8 Å². The van der Waals surface area contributed by atoms with Crippen molar-refractivity contribution in [3.63, 3.8) is 0 Å². The highest BCUT2D eigenvalue weighted by molar-refractivity contribution is 7.86. The van der Waals surface area contributed by atoms with Gasteiger partial charge in [0.2, 0.25) is 5.88 Å². The van der Waals surface area contributed by atoms with Crippen molar-refractivity contribution in [2.45, 2.75) is 53.3 Å². The molecule has 0 saturated carbocycles. The van der Waals surface area contributed by atoms with Gasteiger partial charge in [0.05, 0.1) is 19.3 Å². The molecule has 7 nitrogen and oxygen atoms in total. The number of carbonyl (C=O) groups is 1. The standard InChI is InChI=1S/C15H22N2O5S/c1-9-10(2)16-13(22-23(6,19)20)12-8-17(7-11(9)12)14(18)21-15(3,4)5/h7-8H2,1-6H3. The Kier molecular flexibility index (Phi) is 4.32. The molecule has 0 aliphatic carbocycles. The third-order valence-corrected chi connectivity index (χ3v) is 3.93. The summed E-state index contributed by atoms with van der Waals surface area (Å²) in [6, 6.07) is 0. The maximum atomic E-state index is 12.2. The van der Waals surface area contributed by atoms with Crippen LogP contribution >= 0.6 is 0 Å². The Hall–Kier alpha value is -1.83. The lowest BCUT2D eigenvalue weighted by molar-refractivity contribution is 0.0241. The molecule has 0 aromatic carbocycles. The van der Waals surface area contributed by atoms with Gasteiger partial charge < -0.3 is 8.92 Å². The summed E-state index contributed by atoms with van der Waals surface area (Å²) in [5, 5.41) is 0. The van der Waals surface area contributed by atoms with E-state index < -0.39 is 21.8 Å². The van der Waals surface area contributed by atoms with Gasteiger partial charge in [0, 0.05) is 11.3 Å². The van der Waals surface area contributed by atoms with Gasteiger partial charge in [-0.2, -0.15) is 8.42 Å². The quantitative estimate of drug-likeness (QED) is 0.767. The van der Waals surface area contributed by atoms with Crippen molar-refractivity contribution in [1.29, 1.82) is 0 Å². The molecular weight excluding hydrogens is 320 g/mol. The van der Waals surface area contributed by atoms with Crippen molar-refractivity contribution < 1.29 is 22.1 Å². The van der Waals surface area contributed by atoms with Crippen LogP contribution in [0, 0.1) is 13.8 Å². The summed E-state index contributed by atoms with van der Waals surface area (Å²) in [5.41, 5.74) is 2.48. The van der Waals surface area contributed by atoms with Gasteiger partial charge in [0.25, 0.3) is 0 Å². The molecule has 0 bridgehead atoms. The molecule has 0 unspecified atom stereocenters. The van der Waals surface area contributed by atoms with Crippen molar-refractivity contribution in [2.24, 2.45) is 0 Å². The number of rotatable bonds is 2. The average Bonchev–Trinajstić information content (AvgIpc) is 2.77. The maximum Gasteiger partial charge on any atom is 0.410 e. The number of carbonyl (C=O) groups excluding carboxylic acids is 1. The average molecular weight is 342 g/mol.